The van der Waals surface area contributed by atoms with E-state index >= 15 is 0 Å². The van der Waals surface area contributed by atoms with Gasteiger partial charge in [-0.1, -0.05) is 19.1 Å². The van der Waals surface area contributed by atoms with Gasteiger partial charge in [0.25, 0.3) is 0 Å². The van der Waals surface area contributed by atoms with Crippen LogP contribution in [-0.2, 0) is 0 Å². The van der Waals surface area contributed by atoms with Crippen LogP contribution >= 0.6 is 0 Å². The van der Waals surface area contributed by atoms with Gasteiger partial charge in [0.1, 0.15) is 0 Å². The van der Waals surface area contributed by atoms with Crippen LogP contribution in [0.15, 0.2) is 34.7 Å². The molecule has 2 heteroatoms. The molecule has 2 aliphatic rings. The fourth-order valence-electron chi connectivity index (χ4n) is 2.33. The summed E-state index contributed by atoms with van der Waals surface area (Å²) in [6.07, 6.45) is 5.36. The van der Waals surface area contributed by atoms with Gasteiger partial charge < -0.3 is 11.1 Å². The summed E-state index contributed by atoms with van der Waals surface area (Å²) in [4.78, 5) is 0. The molecule has 0 aromatic heterocycles. The first-order valence-electron chi connectivity index (χ1n) is 5.26. The van der Waals surface area contributed by atoms with Crippen molar-refractivity contribution in [3.8, 4) is 0 Å². The fraction of sp³-hybridized carbons (Fsp3) is 0.500. The van der Waals surface area contributed by atoms with Gasteiger partial charge in [-0.15, -0.1) is 0 Å². The zero-order valence-electron chi connectivity index (χ0n) is 9.09. The Kier molecular flexibility index (Phi) is 2.23. The molecule has 0 amide bonds. The first kappa shape index (κ1) is 9.53. The third kappa shape index (κ3) is 1.22. The lowest BCUT2D eigenvalue weighted by molar-refractivity contribution is 0.609. The van der Waals surface area contributed by atoms with Crippen molar-refractivity contribution in [2.45, 2.75) is 33.2 Å². The van der Waals surface area contributed by atoms with E-state index in [1.54, 1.807) is 0 Å². The molecule has 0 aromatic carbocycles. The van der Waals surface area contributed by atoms with E-state index in [1.165, 1.54) is 22.5 Å². The second-order valence-corrected chi connectivity index (χ2v) is 4.14. The van der Waals surface area contributed by atoms with Crippen LogP contribution in [0.5, 0.6) is 0 Å². The highest BCUT2D eigenvalue weighted by atomic mass is 15.0. The Labute approximate surface area is 85.6 Å². The summed E-state index contributed by atoms with van der Waals surface area (Å²) in [5, 5.41) is 3.46. The van der Waals surface area contributed by atoms with Crippen molar-refractivity contribution in [2.24, 2.45) is 11.7 Å². The average molecular weight is 190 g/mol. The molecule has 1 aliphatic carbocycles. The summed E-state index contributed by atoms with van der Waals surface area (Å²) < 4.78 is 0. The van der Waals surface area contributed by atoms with Crippen LogP contribution < -0.4 is 11.1 Å². The number of nitrogens with one attached hydrogen (secondary N) is 1. The lowest BCUT2D eigenvalue weighted by Crippen LogP contribution is -2.32. The lowest BCUT2D eigenvalue weighted by atomic mass is 9.85. The third-order valence-corrected chi connectivity index (χ3v) is 3.32. The summed E-state index contributed by atoms with van der Waals surface area (Å²) in [6, 6.07) is 0.144. The molecule has 2 nitrogen and oxygen atoms in total. The van der Waals surface area contributed by atoms with E-state index in [4.69, 9.17) is 5.73 Å². The molecule has 0 radical (unpaired) electrons. The molecule has 0 aromatic rings. The van der Waals surface area contributed by atoms with Crippen molar-refractivity contribution in [1.82, 2.24) is 5.32 Å². The topological polar surface area (TPSA) is 38.0 Å². The van der Waals surface area contributed by atoms with Crippen molar-refractivity contribution >= 4 is 0 Å². The normalized spacial score (nSPS) is 30.9. The van der Waals surface area contributed by atoms with Crippen LogP contribution in [0.2, 0.25) is 0 Å². The molecule has 14 heavy (non-hydrogen) atoms. The minimum atomic E-state index is 0.144. The highest BCUT2D eigenvalue weighted by Gasteiger charge is 2.32. The average Bonchev–Trinajstić information content (AvgIpc) is 2.45. The van der Waals surface area contributed by atoms with E-state index in [-0.39, 0.29) is 6.04 Å². The molecule has 1 heterocycles. The van der Waals surface area contributed by atoms with E-state index in [9.17, 15) is 0 Å². The molecule has 2 unspecified atom stereocenters. The number of allylic oxidation sites excluding steroid dienone is 3. The Morgan fingerprint density at radius 3 is 2.79 bits per heavy atom. The van der Waals surface area contributed by atoms with Crippen LogP contribution in [-0.4, -0.2) is 6.04 Å². The Hall–Kier alpha value is -1.02. The summed E-state index contributed by atoms with van der Waals surface area (Å²) >= 11 is 0. The Bertz CT molecular complexity index is 347. The maximum atomic E-state index is 6.09. The number of fused-ring (bicyclic) bond motifs is 1. The molecule has 2 rings (SSSR count). The fourth-order valence-corrected chi connectivity index (χ4v) is 2.33. The van der Waals surface area contributed by atoms with Gasteiger partial charge in [-0.25, -0.2) is 0 Å². The maximum absolute atomic E-state index is 6.09. The van der Waals surface area contributed by atoms with Crippen molar-refractivity contribution in [3.63, 3.8) is 0 Å². The Morgan fingerprint density at radius 1 is 1.43 bits per heavy atom. The highest BCUT2D eigenvalue weighted by molar-refractivity contribution is 5.44. The lowest BCUT2D eigenvalue weighted by Gasteiger charge is -2.25. The van der Waals surface area contributed by atoms with E-state index < -0.39 is 0 Å². The smallest absolute Gasteiger partial charge is 0.0407 e. The van der Waals surface area contributed by atoms with Crippen LogP contribution in [0.25, 0.3) is 0 Å². The molecule has 0 fully saturated rings. The van der Waals surface area contributed by atoms with Crippen LogP contribution in [0, 0.1) is 5.92 Å². The van der Waals surface area contributed by atoms with Crippen LogP contribution in [0.3, 0.4) is 0 Å². The summed E-state index contributed by atoms with van der Waals surface area (Å²) in [7, 11) is 0. The predicted octanol–water partition coefficient (Wildman–Crippen LogP) is 2.06. The number of hydrogen-bond acceptors (Lipinski definition) is 2. The zero-order valence-corrected chi connectivity index (χ0v) is 9.09. The standard InChI is InChI=1S/C12H18N2/c1-4-9-5-6-10(13)11-7(2)8(3)14-12(9)11/h5-6,10-11,14H,4,13H2,1-3H3. The molecular weight excluding hydrogens is 172 g/mol. The molecule has 2 atom stereocenters. The second-order valence-electron chi connectivity index (χ2n) is 4.14. The third-order valence-electron chi connectivity index (χ3n) is 3.32. The summed E-state index contributed by atoms with van der Waals surface area (Å²) in [6.45, 7) is 6.48. The van der Waals surface area contributed by atoms with Crippen molar-refractivity contribution in [1.29, 1.82) is 0 Å². The minimum absolute atomic E-state index is 0.144. The van der Waals surface area contributed by atoms with Crippen molar-refractivity contribution < 1.29 is 0 Å². The van der Waals surface area contributed by atoms with Crippen LogP contribution in [0.4, 0.5) is 0 Å². The van der Waals surface area contributed by atoms with E-state index in [2.05, 4.69) is 38.2 Å². The largest absolute Gasteiger partial charge is 0.362 e. The molecule has 76 valence electrons. The maximum Gasteiger partial charge on any atom is 0.0407 e. The van der Waals surface area contributed by atoms with Gasteiger partial charge in [0, 0.05) is 23.4 Å². The zero-order chi connectivity index (χ0) is 10.3. The van der Waals surface area contributed by atoms with Gasteiger partial charge in [0.05, 0.1) is 0 Å². The number of rotatable bonds is 1. The van der Waals surface area contributed by atoms with Gasteiger partial charge in [-0.05, 0) is 31.4 Å². The Balaban J connectivity index is 2.44. The van der Waals surface area contributed by atoms with Crippen molar-refractivity contribution in [2.75, 3.05) is 0 Å². The van der Waals surface area contributed by atoms with Gasteiger partial charge >= 0.3 is 0 Å². The summed E-state index contributed by atoms with van der Waals surface area (Å²) in [5.74, 6) is 0.398. The predicted molar refractivity (Wildman–Crippen MR) is 59.4 cm³/mol. The first-order valence-corrected chi connectivity index (χ1v) is 5.26. The van der Waals surface area contributed by atoms with Crippen molar-refractivity contribution in [3.05, 3.63) is 34.7 Å². The number of hydrogen-bond donors (Lipinski definition) is 2. The quantitative estimate of drug-likeness (QED) is 0.664. The van der Waals surface area contributed by atoms with Crippen LogP contribution in [0.1, 0.15) is 27.2 Å². The molecule has 0 saturated heterocycles. The van der Waals surface area contributed by atoms with Gasteiger partial charge in [-0.2, -0.15) is 0 Å². The highest BCUT2D eigenvalue weighted by Crippen LogP contribution is 2.36. The summed E-state index contributed by atoms with van der Waals surface area (Å²) in [5.41, 5.74) is 11.5. The van der Waals surface area contributed by atoms with Gasteiger partial charge in [0.2, 0.25) is 0 Å². The monoisotopic (exact) mass is 190 g/mol. The van der Waals surface area contributed by atoms with Gasteiger partial charge in [0.15, 0.2) is 0 Å². The minimum Gasteiger partial charge on any atom is -0.362 e. The van der Waals surface area contributed by atoms with E-state index in [0.717, 1.165) is 6.42 Å². The van der Waals surface area contributed by atoms with Gasteiger partial charge in [-0.3, -0.25) is 0 Å². The molecular formula is C12H18N2. The molecule has 0 bridgehead atoms. The Morgan fingerprint density at radius 2 is 2.14 bits per heavy atom. The SMILES string of the molecule is CCC1=C2NC(C)=C(C)C2C(N)C=C1. The number of nitrogens with two attached hydrogens (primary N) is 1. The first-order chi connectivity index (χ1) is 6.65. The molecule has 3 N–H and O–H groups in total. The second kappa shape index (κ2) is 3.28. The molecule has 0 spiro atoms. The molecule has 0 saturated carbocycles. The molecule has 1 aliphatic heterocycles. The van der Waals surface area contributed by atoms with E-state index in [0.29, 0.717) is 5.92 Å². The van der Waals surface area contributed by atoms with E-state index in [1.807, 2.05) is 0 Å².